The van der Waals surface area contributed by atoms with Gasteiger partial charge in [0.15, 0.2) is 6.10 Å². The number of carboxylic acid groups (broad SMARTS) is 1. The van der Waals surface area contributed by atoms with Crippen molar-refractivity contribution in [2.24, 2.45) is 5.73 Å². The molecule has 0 radical (unpaired) electrons. The van der Waals surface area contributed by atoms with E-state index in [-0.39, 0.29) is 19.4 Å². The highest BCUT2D eigenvalue weighted by Crippen LogP contribution is 2.43. The summed E-state index contributed by atoms with van der Waals surface area (Å²) in [5.41, 5.74) is 5.31. The average Bonchev–Trinajstić information content (AvgIpc) is 3.10. The van der Waals surface area contributed by atoms with Gasteiger partial charge in [-0.05, 0) is 44.9 Å². The van der Waals surface area contributed by atoms with Gasteiger partial charge in [0, 0.05) is 12.8 Å². The molecule has 296 valence electrons. The predicted octanol–water partition coefficient (Wildman–Crippen LogP) is 9.67. The summed E-state index contributed by atoms with van der Waals surface area (Å²) >= 11 is 0. The first-order chi connectivity index (χ1) is 24.6. The lowest BCUT2D eigenvalue weighted by Crippen LogP contribution is -2.34. The van der Waals surface area contributed by atoms with Crippen molar-refractivity contribution in [1.82, 2.24) is 0 Å². The molecule has 0 bridgehead atoms. The molecule has 0 aromatic rings. The largest absolute Gasteiger partial charge is 0.480 e. The van der Waals surface area contributed by atoms with Crippen LogP contribution in [0, 0.1) is 0 Å². The third kappa shape index (κ3) is 34.5. The van der Waals surface area contributed by atoms with E-state index < -0.39 is 51.1 Å². The number of carbonyl (C=O) groups excluding carboxylic acids is 2. The molecule has 0 aliphatic heterocycles. The second kappa shape index (κ2) is 34.8. The molecule has 12 heteroatoms. The van der Waals surface area contributed by atoms with E-state index in [0.717, 1.165) is 77.0 Å². The van der Waals surface area contributed by atoms with Crippen molar-refractivity contribution in [3.05, 3.63) is 36.5 Å². The number of hydrogen-bond donors (Lipinski definition) is 3. The van der Waals surface area contributed by atoms with Gasteiger partial charge < -0.3 is 25.2 Å². The number of phosphoric ester groups is 1. The molecule has 0 heterocycles. The maximum Gasteiger partial charge on any atom is 0.472 e. The fourth-order valence-corrected chi connectivity index (χ4v) is 5.86. The first-order valence-corrected chi connectivity index (χ1v) is 21.0. The summed E-state index contributed by atoms with van der Waals surface area (Å²) in [4.78, 5) is 45.7. The summed E-state index contributed by atoms with van der Waals surface area (Å²) < 4.78 is 32.5. The zero-order chi connectivity index (χ0) is 37.8. The molecular weight excluding hydrogens is 673 g/mol. The van der Waals surface area contributed by atoms with Crippen LogP contribution in [0.4, 0.5) is 0 Å². The number of rotatable bonds is 36. The minimum Gasteiger partial charge on any atom is -0.480 e. The Morgan fingerprint density at radius 2 is 1.10 bits per heavy atom. The number of aliphatic carboxylic acids is 1. The summed E-state index contributed by atoms with van der Waals surface area (Å²) in [5, 5.41) is 8.86. The third-order valence-corrected chi connectivity index (χ3v) is 9.10. The SMILES string of the molecule is CC/C=C\C/C=C\C/C=C\CCCCCCCCCC(=O)OC(COC(=O)CCCCCCCCCCCC)COP(=O)(O)OCC(N)C(=O)O. The molecule has 0 aromatic carbocycles. The van der Waals surface area contributed by atoms with Crippen LogP contribution in [0.5, 0.6) is 0 Å². The fraction of sp³-hybridized carbons (Fsp3) is 0.769. The van der Waals surface area contributed by atoms with Gasteiger partial charge in [0.25, 0.3) is 0 Å². The zero-order valence-corrected chi connectivity index (χ0v) is 32.6. The molecule has 0 rings (SSSR count). The monoisotopic (exact) mass is 743 g/mol. The Bertz CT molecular complexity index is 1020. The highest BCUT2D eigenvalue weighted by molar-refractivity contribution is 7.47. The van der Waals surface area contributed by atoms with Gasteiger partial charge in [-0.2, -0.15) is 0 Å². The van der Waals surface area contributed by atoms with Gasteiger partial charge in [0.1, 0.15) is 12.6 Å². The molecule has 0 saturated carbocycles. The van der Waals surface area contributed by atoms with Crippen molar-refractivity contribution in [3.8, 4) is 0 Å². The summed E-state index contributed by atoms with van der Waals surface area (Å²) in [7, 11) is -4.71. The number of carbonyl (C=O) groups is 3. The van der Waals surface area contributed by atoms with Gasteiger partial charge in [0.05, 0.1) is 13.2 Å². The highest BCUT2D eigenvalue weighted by Gasteiger charge is 2.28. The lowest BCUT2D eigenvalue weighted by molar-refractivity contribution is -0.161. The van der Waals surface area contributed by atoms with E-state index in [4.69, 9.17) is 24.8 Å². The Labute approximate surface area is 308 Å². The second-order valence-corrected chi connectivity index (χ2v) is 14.5. The highest BCUT2D eigenvalue weighted by atomic mass is 31.2. The normalized spacial score (nSPS) is 14.3. The molecule has 0 aliphatic rings. The predicted molar refractivity (Wildman–Crippen MR) is 203 cm³/mol. The molecule has 0 saturated heterocycles. The number of unbranched alkanes of at least 4 members (excludes halogenated alkanes) is 16. The standard InChI is InChI=1S/C39H70NO10P/c1-3-5-7-9-11-13-15-16-17-18-19-20-21-23-25-27-29-31-38(42)50-35(33-48-51(45,46)49-34-36(40)39(43)44)32-47-37(41)30-28-26-24-22-14-12-10-8-6-4-2/h5,7,11,13,16-17,35-36H,3-4,6,8-10,12,14-15,18-34,40H2,1-2H3,(H,43,44)(H,45,46)/b7-5-,13-11-,17-16-. The van der Waals surface area contributed by atoms with Crippen LogP contribution in [0.25, 0.3) is 0 Å². The van der Waals surface area contributed by atoms with Gasteiger partial charge in [-0.15, -0.1) is 0 Å². The maximum atomic E-state index is 12.6. The Morgan fingerprint density at radius 3 is 1.65 bits per heavy atom. The summed E-state index contributed by atoms with van der Waals surface area (Å²) in [6.45, 7) is 2.65. The van der Waals surface area contributed by atoms with E-state index in [9.17, 15) is 23.8 Å². The van der Waals surface area contributed by atoms with Crippen LogP contribution in [0.1, 0.15) is 162 Å². The van der Waals surface area contributed by atoms with Gasteiger partial charge in [0.2, 0.25) is 0 Å². The maximum absolute atomic E-state index is 12.6. The van der Waals surface area contributed by atoms with Crippen molar-refractivity contribution in [1.29, 1.82) is 0 Å². The Balaban J connectivity index is 4.41. The van der Waals surface area contributed by atoms with Crippen molar-refractivity contribution in [3.63, 3.8) is 0 Å². The van der Waals surface area contributed by atoms with Crippen LogP contribution in [0.15, 0.2) is 36.5 Å². The van der Waals surface area contributed by atoms with E-state index in [1.807, 2.05) is 0 Å². The van der Waals surface area contributed by atoms with E-state index >= 15 is 0 Å². The van der Waals surface area contributed by atoms with Gasteiger partial charge in [-0.25, -0.2) is 4.57 Å². The number of hydrogen-bond acceptors (Lipinski definition) is 9. The van der Waals surface area contributed by atoms with Crippen molar-refractivity contribution in [2.45, 2.75) is 174 Å². The molecule has 3 atom stereocenters. The molecular formula is C39H70NO10P. The first kappa shape index (κ1) is 48.7. The number of ether oxygens (including phenoxy) is 2. The second-order valence-electron chi connectivity index (χ2n) is 13.0. The molecule has 4 N–H and O–H groups in total. The number of allylic oxidation sites excluding steroid dienone is 6. The van der Waals surface area contributed by atoms with Crippen molar-refractivity contribution in [2.75, 3.05) is 19.8 Å². The van der Waals surface area contributed by atoms with Crippen LogP contribution >= 0.6 is 7.82 Å². The number of carboxylic acids is 1. The molecule has 51 heavy (non-hydrogen) atoms. The molecule has 3 unspecified atom stereocenters. The van der Waals surface area contributed by atoms with Gasteiger partial charge in [-0.3, -0.25) is 23.4 Å². The first-order valence-electron chi connectivity index (χ1n) is 19.5. The lowest BCUT2D eigenvalue weighted by Gasteiger charge is -2.20. The molecule has 0 aromatic heterocycles. The zero-order valence-electron chi connectivity index (χ0n) is 31.7. The van der Waals surface area contributed by atoms with Crippen LogP contribution in [-0.2, 0) is 37.5 Å². The van der Waals surface area contributed by atoms with Gasteiger partial charge in [-0.1, -0.05) is 140 Å². The van der Waals surface area contributed by atoms with Crippen LogP contribution in [0.2, 0.25) is 0 Å². The smallest absolute Gasteiger partial charge is 0.472 e. The summed E-state index contributed by atoms with van der Waals surface area (Å²) in [6.07, 6.45) is 35.0. The van der Waals surface area contributed by atoms with Crippen molar-refractivity contribution < 1.29 is 47.5 Å². The van der Waals surface area contributed by atoms with E-state index in [2.05, 4.69) is 54.8 Å². The molecule has 0 aliphatic carbocycles. The van der Waals surface area contributed by atoms with Crippen LogP contribution < -0.4 is 5.73 Å². The number of phosphoric acid groups is 1. The van der Waals surface area contributed by atoms with Crippen LogP contribution in [-0.4, -0.2) is 59.9 Å². The minimum absolute atomic E-state index is 0.151. The average molecular weight is 744 g/mol. The summed E-state index contributed by atoms with van der Waals surface area (Å²) in [6, 6.07) is -1.52. The molecule has 0 spiro atoms. The number of nitrogens with two attached hydrogens (primary N) is 1. The van der Waals surface area contributed by atoms with Crippen LogP contribution in [0.3, 0.4) is 0 Å². The Morgan fingerprint density at radius 1 is 0.627 bits per heavy atom. The molecule has 0 fully saturated rings. The topological polar surface area (TPSA) is 172 Å². The van der Waals surface area contributed by atoms with E-state index in [0.29, 0.717) is 12.8 Å². The van der Waals surface area contributed by atoms with Crippen molar-refractivity contribution >= 4 is 25.7 Å². The molecule has 11 nitrogen and oxygen atoms in total. The van der Waals surface area contributed by atoms with Gasteiger partial charge >= 0.3 is 25.7 Å². The minimum atomic E-state index is -4.71. The molecule has 0 amide bonds. The van der Waals surface area contributed by atoms with E-state index in [1.54, 1.807) is 0 Å². The van der Waals surface area contributed by atoms with E-state index in [1.165, 1.54) is 44.9 Å². The fourth-order valence-electron chi connectivity index (χ4n) is 5.08. The Kier molecular flexibility index (Phi) is 33.2. The Hall–Kier alpha value is -2.30. The lowest BCUT2D eigenvalue weighted by atomic mass is 10.1. The third-order valence-electron chi connectivity index (χ3n) is 8.15. The summed E-state index contributed by atoms with van der Waals surface area (Å²) in [5.74, 6) is -2.39. The quantitative estimate of drug-likeness (QED) is 0.0241. The number of esters is 2.